The SMILES string of the molecule is NCCCC[C@@H](NC(=O)[C@H](Cc1c[nH]cn1)NC(=O)[C@@H](N)Cc1c[nH]c2ccccc12)C(=O)N[C@@H](CC(=O)O)C(=O)O. The van der Waals surface area contributed by atoms with Crippen LogP contribution in [0.15, 0.2) is 43.0 Å². The van der Waals surface area contributed by atoms with E-state index in [0.29, 0.717) is 25.1 Å². The average Bonchev–Trinajstić information content (AvgIpc) is 3.61. The summed E-state index contributed by atoms with van der Waals surface area (Å²) in [5.74, 6) is -5.17. The fourth-order valence-electron chi connectivity index (χ4n) is 4.41. The Hall–Kier alpha value is -4.76. The second-order valence-electron chi connectivity index (χ2n) is 9.84. The predicted molar refractivity (Wildman–Crippen MR) is 151 cm³/mol. The summed E-state index contributed by atoms with van der Waals surface area (Å²) in [5, 5.41) is 26.6. The molecule has 0 aliphatic rings. The molecule has 3 rings (SSSR count). The number of amides is 3. The predicted octanol–water partition coefficient (Wildman–Crippen LogP) is -0.854. The summed E-state index contributed by atoms with van der Waals surface area (Å²) in [7, 11) is 0. The number of aliphatic carboxylic acids is 2. The number of nitrogens with one attached hydrogen (secondary N) is 5. The molecule has 15 nitrogen and oxygen atoms in total. The Labute approximate surface area is 240 Å². The number of para-hydroxylation sites is 1. The fraction of sp³-hybridized carbons (Fsp3) is 0.407. The molecule has 0 aliphatic carbocycles. The van der Waals surface area contributed by atoms with Crippen LogP contribution in [0.2, 0.25) is 0 Å². The molecule has 3 aromatic rings. The number of carbonyl (C=O) groups excluding carboxylic acids is 3. The minimum Gasteiger partial charge on any atom is -0.481 e. The van der Waals surface area contributed by atoms with Crippen LogP contribution >= 0.6 is 0 Å². The van der Waals surface area contributed by atoms with E-state index in [1.807, 2.05) is 24.3 Å². The first-order valence-electron chi connectivity index (χ1n) is 13.4. The normalized spacial score (nSPS) is 14.0. The summed E-state index contributed by atoms with van der Waals surface area (Å²) in [6, 6.07) is 2.43. The van der Waals surface area contributed by atoms with Crippen molar-refractivity contribution in [2.24, 2.45) is 11.5 Å². The molecule has 0 saturated carbocycles. The topological polar surface area (TPSA) is 258 Å². The number of carboxylic acids is 2. The van der Waals surface area contributed by atoms with Gasteiger partial charge in [-0.25, -0.2) is 9.78 Å². The summed E-state index contributed by atoms with van der Waals surface area (Å²) in [4.78, 5) is 72.1. The molecule has 0 bridgehead atoms. The monoisotopic (exact) mass is 584 g/mol. The maximum Gasteiger partial charge on any atom is 0.326 e. The maximum absolute atomic E-state index is 13.4. The molecule has 0 saturated heterocycles. The smallest absolute Gasteiger partial charge is 0.326 e. The van der Waals surface area contributed by atoms with E-state index < -0.39 is 60.2 Å². The van der Waals surface area contributed by atoms with Crippen molar-refractivity contribution in [1.29, 1.82) is 0 Å². The molecule has 0 spiro atoms. The Balaban J connectivity index is 1.74. The third kappa shape index (κ3) is 9.14. The molecule has 1 aromatic carbocycles. The van der Waals surface area contributed by atoms with Crippen LogP contribution < -0.4 is 27.4 Å². The third-order valence-corrected chi connectivity index (χ3v) is 6.63. The number of fused-ring (bicyclic) bond motifs is 1. The number of nitrogens with two attached hydrogens (primary N) is 2. The molecular weight excluding hydrogens is 548 g/mol. The Kier molecular flexibility index (Phi) is 11.6. The number of benzene rings is 1. The van der Waals surface area contributed by atoms with Gasteiger partial charge < -0.3 is 47.6 Å². The van der Waals surface area contributed by atoms with Crippen molar-refractivity contribution in [2.75, 3.05) is 6.54 Å². The van der Waals surface area contributed by atoms with Crippen molar-refractivity contribution in [1.82, 2.24) is 30.9 Å². The number of nitrogens with zero attached hydrogens (tertiary/aromatic N) is 1. The lowest BCUT2D eigenvalue weighted by molar-refractivity contribution is -0.147. The Morgan fingerprint density at radius 1 is 0.881 bits per heavy atom. The van der Waals surface area contributed by atoms with E-state index >= 15 is 0 Å². The highest BCUT2D eigenvalue weighted by molar-refractivity contribution is 5.95. The zero-order valence-electron chi connectivity index (χ0n) is 22.8. The maximum atomic E-state index is 13.4. The van der Waals surface area contributed by atoms with Crippen LogP contribution in [0, 0.1) is 0 Å². The summed E-state index contributed by atoms with van der Waals surface area (Å²) < 4.78 is 0. The van der Waals surface area contributed by atoms with E-state index in [4.69, 9.17) is 16.6 Å². The minimum atomic E-state index is -1.70. The fourth-order valence-corrected chi connectivity index (χ4v) is 4.41. The van der Waals surface area contributed by atoms with Crippen molar-refractivity contribution < 1.29 is 34.2 Å². The highest BCUT2D eigenvalue weighted by atomic mass is 16.4. The van der Waals surface area contributed by atoms with Gasteiger partial charge in [0.05, 0.1) is 24.5 Å². The number of hydrogen-bond donors (Lipinski definition) is 9. The van der Waals surface area contributed by atoms with E-state index in [9.17, 15) is 29.1 Å². The lowest BCUT2D eigenvalue weighted by Gasteiger charge is -2.25. The number of imidazole rings is 1. The van der Waals surface area contributed by atoms with Gasteiger partial charge in [0, 0.05) is 29.7 Å². The zero-order valence-corrected chi connectivity index (χ0v) is 22.8. The van der Waals surface area contributed by atoms with Gasteiger partial charge in [-0.3, -0.25) is 19.2 Å². The Morgan fingerprint density at radius 2 is 1.57 bits per heavy atom. The van der Waals surface area contributed by atoms with E-state index in [1.54, 1.807) is 12.4 Å². The van der Waals surface area contributed by atoms with Gasteiger partial charge in [-0.15, -0.1) is 0 Å². The van der Waals surface area contributed by atoms with Crippen LogP contribution in [0.25, 0.3) is 10.9 Å². The van der Waals surface area contributed by atoms with E-state index in [0.717, 1.165) is 16.5 Å². The standard InChI is InChI=1S/C27H36N8O7/c28-8-4-3-7-20(25(39)35-22(27(41)42)11-23(36)37)33-26(40)21(10-16-13-30-14-32-16)34-24(38)18(29)9-15-12-31-19-6-2-1-5-17(15)19/h1-2,5-6,12-14,18,20-22,31H,3-4,7-11,28-29H2,(H,30,32)(H,33,40)(H,34,38)(H,35,39)(H,36,37)(H,41,42)/t18-,20+,21-,22-/m0/s1. The van der Waals surface area contributed by atoms with E-state index in [1.165, 1.54) is 6.33 Å². The van der Waals surface area contributed by atoms with Gasteiger partial charge >= 0.3 is 11.9 Å². The second kappa shape index (κ2) is 15.3. The first-order chi connectivity index (χ1) is 20.1. The quantitative estimate of drug-likeness (QED) is 0.0887. The summed E-state index contributed by atoms with van der Waals surface area (Å²) in [6.45, 7) is 0.325. The third-order valence-electron chi connectivity index (χ3n) is 6.63. The summed E-state index contributed by atoms with van der Waals surface area (Å²) in [5.41, 5.74) is 13.9. The number of carboxylic acid groups (broad SMARTS) is 2. The van der Waals surface area contributed by atoms with E-state index in [-0.39, 0.29) is 19.3 Å². The molecule has 15 heteroatoms. The lowest BCUT2D eigenvalue weighted by atomic mass is 10.0. The molecule has 3 amide bonds. The number of aromatic nitrogens is 3. The van der Waals surface area contributed by atoms with Gasteiger partial charge in [0.1, 0.15) is 18.1 Å². The van der Waals surface area contributed by atoms with Gasteiger partial charge in [0.15, 0.2) is 0 Å². The number of unbranched alkanes of at least 4 members (excludes halogenated alkanes) is 1. The summed E-state index contributed by atoms with van der Waals surface area (Å²) >= 11 is 0. The molecular formula is C27H36N8O7. The first kappa shape index (κ1) is 31.8. The van der Waals surface area contributed by atoms with Crippen molar-refractivity contribution in [2.45, 2.75) is 62.7 Å². The molecule has 2 heterocycles. The molecule has 0 unspecified atom stereocenters. The first-order valence-corrected chi connectivity index (χ1v) is 13.4. The Bertz CT molecular complexity index is 1370. The highest BCUT2D eigenvalue weighted by Crippen LogP contribution is 2.19. The summed E-state index contributed by atoms with van der Waals surface area (Å²) in [6.07, 6.45) is 5.06. The van der Waals surface area contributed by atoms with Gasteiger partial charge in [0.25, 0.3) is 0 Å². The molecule has 0 aliphatic heterocycles. The van der Waals surface area contributed by atoms with E-state index in [2.05, 4.69) is 30.9 Å². The molecule has 0 radical (unpaired) electrons. The number of aromatic amines is 2. The van der Waals surface area contributed by atoms with Gasteiger partial charge in [-0.2, -0.15) is 0 Å². The average molecular weight is 585 g/mol. The van der Waals surface area contributed by atoms with Crippen molar-refractivity contribution >= 4 is 40.6 Å². The molecule has 2 aromatic heterocycles. The molecule has 4 atom stereocenters. The highest BCUT2D eigenvalue weighted by Gasteiger charge is 2.31. The van der Waals surface area contributed by atoms with Crippen molar-refractivity contribution in [3.8, 4) is 0 Å². The van der Waals surface area contributed by atoms with Crippen LogP contribution in [0.3, 0.4) is 0 Å². The minimum absolute atomic E-state index is 0.0330. The van der Waals surface area contributed by atoms with Crippen LogP contribution in [-0.4, -0.2) is 85.5 Å². The second-order valence-corrected chi connectivity index (χ2v) is 9.84. The number of rotatable bonds is 17. The van der Waals surface area contributed by atoms with Crippen molar-refractivity contribution in [3.63, 3.8) is 0 Å². The molecule has 226 valence electrons. The van der Waals surface area contributed by atoms with Crippen LogP contribution in [0.4, 0.5) is 0 Å². The zero-order chi connectivity index (χ0) is 30.6. The largest absolute Gasteiger partial charge is 0.481 e. The van der Waals surface area contributed by atoms with Crippen LogP contribution in [0.5, 0.6) is 0 Å². The van der Waals surface area contributed by atoms with Gasteiger partial charge in [-0.05, 0) is 43.9 Å². The number of H-pyrrole nitrogens is 2. The molecule has 0 fully saturated rings. The molecule has 42 heavy (non-hydrogen) atoms. The number of carbonyl (C=O) groups is 5. The van der Waals surface area contributed by atoms with Gasteiger partial charge in [0.2, 0.25) is 17.7 Å². The van der Waals surface area contributed by atoms with Crippen LogP contribution in [0.1, 0.15) is 36.9 Å². The lowest BCUT2D eigenvalue weighted by Crippen LogP contribution is -2.58. The number of hydrogen-bond acceptors (Lipinski definition) is 8. The Morgan fingerprint density at radius 3 is 2.24 bits per heavy atom. The van der Waals surface area contributed by atoms with Gasteiger partial charge in [-0.1, -0.05) is 18.2 Å². The van der Waals surface area contributed by atoms with Crippen molar-refractivity contribution in [3.05, 3.63) is 54.2 Å². The molecule has 11 N–H and O–H groups in total. The van der Waals surface area contributed by atoms with Crippen LogP contribution in [-0.2, 0) is 36.8 Å².